The topological polar surface area (TPSA) is 66.5 Å². The summed E-state index contributed by atoms with van der Waals surface area (Å²) in [5.41, 5.74) is 2.51. The highest BCUT2D eigenvalue weighted by molar-refractivity contribution is 6.33. The number of para-hydroxylation sites is 1. The zero-order valence-corrected chi connectivity index (χ0v) is 17.6. The number of fused-ring (bicyclic) bond motifs is 1. The van der Waals surface area contributed by atoms with Crippen LogP contribution in [0.5, 0.6) is 0 Å². The van der Waals surface area contributed by atoms with Crippen molar-refractivity contribution in [1.29, 1.82) is 0 Å². The van der Waals surface area contributed by atoms with Gasteiger partial charge in [-0.2, -0.15) is 0 Å². The largest absolute Gasteiger partial charge is 0.383 e. The van der Waals surface area contributed by atoms with Crippen LogP contribution in [-0.2, 0) is 4.74 Å². The predicted molar refractivity (Wildman–Crippen MR) is 120 cm³/mol. The summed E-state index contributed by atoms with van der Waals surface area (Å²) >= 11 is 6.29. The lowest BCUT2D eigenvalue weighted by Crippen LogP contribution is -2.42. The molecule has 30 heavy (non-hydrogen) atoms. The zero-order chi connectivity index (χ0) is 20.9. The number of carbonyl (C=O) groups is 1. The number of methoxy groups -OCH3 is 1. The van der Waals surface area contributed by atoms with Gasteiger partial charge in [-0.05, 0) is 17.7 Å². The van der Waals surface area contributed by atoms with Crippen LogP contribution >= 0.6 is 11.6 Å². The Morgan fingerprint density at radius 3 is 2.73 bits per heavy atom. The molecule has 1 aliphatic rings. The van der Waals surface area contributed by atoms with Crippen LogP contribution in [0.25, 0.3) is 10.9 Å². The van der Waals surface area contributed by atoms with Crippen molar-refractivity contribution in [3.05, 3.63) is 71.4 Å². The first-order chi connectivity index (χ1) is 14.6. The molecule has 4 rings (SSSR count). The molecule has 3 aromatic rings. The number of hydrogen-bond donors (Lipinski definition) is 2. The second kappa shape index (κ2) is 9.43. The molecule has 0 aliphatic carbocycles. The third kappa shape index (κ3) is 4.73. The molecular formula is C23H25ClN4O2. The van der Waals surface area contributed by atoms with Crippen LogP contribution < -0.4 is 10.6 Å². The number of nitrogens with zero attached hydrogens (tertiary/aromatic N) is 2. The maximum Gasteiger partial charge on any atom is 0.319 e. The number of anilines is 1. The van der Waals surface area contributed by atoms with E-state index in [0.717, 1.165) is 30.5 Å². The summed E-state index contributed by atoms with van der Waals surface area (Å²) in [4.78, 5) is 19.5. The van der Waals surface area contributed by atoms with E-state index < -0.39 is 0 Å². The van der Waals surface area contributed by atoms with E-state index in [1.54, 1.807) is 7.11 Å². The molecule has 0 radical (unpaired) electrons. The number of pyridine rings is 1. The molecule has 6 nitrogen and oxygen atoms in total. The SMILES string of the molecule is COCCN1C[C@@H](NC(=O)Nc2cc3ccccc3nc2Cl)[C@H](c2ccccc2)C1. The van der Waals surface area contributed by atoms with Gasteiger partial charge in [0.2, 0.25) is 0 Å². The molecule has 7 heteroatoms. The van der Waals surface area contributed by atoms with Crippen LogP contribution in [0.4, 0.5) is 10.5 Å². The van der Waals surface area contributed by atoms with Crippen LogP contribution in [0.3, 0.4) is 0 Å². The van der Waals surface area contributed by atoms with E-state index >= 15 is 0 Å². The van der Waals surface area contributed by atoms with Crippen LogP contribution in [0, 0.1) is 0 Å². The van der Waals surface area contributed by atoms with Crippen molar-refractivity contribution in [2.24, 2.45) is 0 Å². The summed E-state index contributed by atoms with van der Waals surface area (Å²) in [6, 6.07) is 19.5. The fourth-order valence-corrected chi connectivity index (χ4v) is 4.17. The molecule has 1 aliphatic heterocycles. The number of urea groups is 1. The van der Waals surface area contributed by atoms with Gasteiger partial charge >= 0.3 is 6.03 Å². The molecule has 0 bridgehead atoms. The third-order valence-electron chi connectivity index (χ3n) is 5.48. The highest BCUT2D eigenvalue weighted by atomic mass is 35.5. The number of benzene rings is 2. The highest BCUT2D eigenvalue weighted by Crippen LogP contribution is 2.28. The number of likely N-dealkylation sites (tertiary alicyclic amines) is 1. The molecule has 0 spiro atoms. The van der Waals surface area contributed by atoms with Crippen molar-refractivity contribution < 1.29 is 9.53 Å². The molecule has 2 atom stereocenters. The van der Waals surface area contributed by atoms with Gasteiger partial charge in [0.25, 0.3) is 0 Å². The normalized spacial score (nSPS) is 19.1. The van der Waals surface area contributed by atoms with Crippen LogP contribution in [0.15, 0.2) is 60.7 Å². The van der Waals surface area contributed by atoms with Gasteiger partial charge in [-0.25, -0.2) is 9.78 Å². The summed E-state index contributed by atoms with van der Waals surface area (Å²) in [7, 11) is 1.70. The molecule has 2 aromatic carbocycles. The van der Waals surface area contributed by atoms with Crippen molar-refractivity contribution in [2.75, 3.05) is 38.7 Å². The Kier molecular flexibility index (Phi) is 6.47. The maximum atomic E-state index is 12.8. The van der Waals surface area contributed by atoms with Gasteiger partial charge in [-0.1, -0.05) is 60.1 Å². The van der Waals surface area contributed by atoms with Crippen LogP contribution in [0.2, 0.25) is 5.15 Å². The smallest absolute Gasteiger partial charge is 0.319 e. The standard InChI is InChI=1S/C23H25ClN4O2/c1-30-12-11-28-14-18(16-7-3-2-4-8-16)21(15-28)27-23(29)26-20-13-17-9-5-6-10-19(17)25-22(20)24/h2-10,13,18,21H,11-12,14-15H2,1H3,(H2,26,27,29)/t18-,21+/m0/s1. The minimum absolute atomic E-state index is 0.0172. The number of aromatic nitrogens is 1. The molecule has 2 heterocycles. The van der Waals surface area contributed by atoms with E-state index in [4.69, 9.17) is 16.3 Å². The van der Waals surface area contributed by atoms with Gasteiger partial charge in [0, 0.05) is 38.0 Å². The Morgan fingerprint density at radius 2 is 1.93 bits per heavy atom. The van der Waals surface area contributed by atoms with Gasteiger partial charge in [0.15, 0.2) is 5.15 Å². The van der Waals surface area contributed by atoms with Gasteiger partial charge in [0.05, 0.1) is 23.9 Å². The fraction of sp³-hybridized carbons (Fsp3) is 0.304. The minimum Gasteiger partial charge on any atom is -0.383 e. The Hall–Kier alpha value is -2.67. The number of ether oxygens (including phenoxy) is 1. The van der Waals surface area contributed by atoms with E-state index in [-0.39, 0.29) is 23.1 Å². The second-order valence-electron chi connectivity index (χ2n) is 7.49. The first-order valence-corrected chi connectivity index (χ1v) is 10.4. The monoisotopic (exact) mass is 424 g/mol. The number of amides is 2. The average Bonchev–Trinajstić information content (AvgIpc) is 3.15. The van der Waals surface area contributed by atoms with Gasteiger partial charge in [-0.15, -0.1) is 0 Å². The number of hydrogen-bond acceptors (Lipinski definition) is 4. The Labute approximate surface area is 181 Å². The van der Waals surface area contributed by atoms with E-state index in [0.29, 0.717) is 12.3 Å². The average molecular weight is 425 g/mol. The Bertz CT molecular complexity index is 1010. The van der Waals surface area contributed by atoms with Crippen molar-refractivity contribution in [2.45, 2.75) is 12.0 Å². The third-order valence-corrected chi connectivity index (χ3v) is 5.77. The molecular weight excluding hydrogens is 400 g/mol. The van der Waals surface area contributed by atoms with Crippen LogP contribution in [0.1, 0.15) is 11.5 Å². The number of rotatable bonds is 6. The molecule has 0 saturated carbocycles. The number of carbonyl (C=O) groups excluding carboxylic acids is 1. The van der Waals surface area contributed by atoms with Gasteiger partial charge < -0.3 is 15.4 Å². The fourth-order valence-electron chi connectivity index (χ4n) is 3.98. The summed E-state index contributed by atoms with van der Waals surface area (Å²) in [5, 5.41) is 7.21. The lowest BCUT2D eigenvalue weighted by Gasteiger charge is -2.21. The second-order valence-corrected chi connectivity index (χ2v) is 7.85. The van der Waals surface area contributed by atoms with E-state index in [1.807, 2.05) is 48.5 Å². The van der Waals surface area contributed by atoms with Crippen molar-refractivity contribution in [3.63, 3.8) is 0 Å². The van der Waals surface area contributed by atoms with Crippen molar-refractivity contribution in [3.8, 4) is 0 Å². The summed E-state index contributed by atoms with van der Waals surface area (Å²) in [6.07, 6.45) is 0. The number of halogens is 1. The van der Waals surface area contributed by atoms with E-state index in [2.05, 4.69) is 32.7 Å². The quantitative estimate of drug-likeness (QED) is 0.584. The first kappa shape index (κ1) is 20.6. The number of nitrogens with one attached hydrogen (secondary N) is 2. The molecule has 1 saturated heterocycles. The molecule has 2 N–H and O–H groups in total. The zero-order valence-electron chi connectivity index (χ0n) is 16.8. The lowest BCUT2D eigenvalue weighted by atomic mass is 9.94. The predicted octanol–water partition coefficient (Wildman–Crippen LogP) is 4.12. The molecule has 2 amide bonds. The summed E-state index contributed by atoms with van der Waals surface area (Å²) < 4.78 is 5.23. The van der Waals surface area contributed by atoms with Gasteiger partial charge in [-0.3, -0.25) is 4.90 Å². The van der Waals surface area contributed by atoms with E-state index in [1.165, 1.54) is 5.56 Å². The minimum atomic E-state index is -0.284. The van der Waals surface area contributed by atoms with E-state index in [9.17, 15) is 4.79 Å². The van der Waals surface area contributed by atoms with Gasteiger partial charge in [0.1, 0.15) is 0 Å². The molecule has 156 valence electrons. The molecule has 0 unspecified atom stereocenters. The highest BCUT2D eigenvalue weighted by Gasteiger charge is 2.34. The van der Waals surface area contributed by atoms with Crippen LogP contribution in [-0.4, -0.2) is 55.3 Å². The lowest BCUT2D eigenvalue weighted by molar-refractivity contribution is 0.159. The summed E-state index contributed by atoms with van der Waals surface area (Å²) in [6.45, 7) is 3.13. The first-order valence-electron chi connectivity index (χ1n) is 10.0. The van der Waals surface area contributed by atoms with Crippen molar-refractivity contribution in [1.82, 2.24) is 15.2 Å². The molecule has 1 aromatic heterocycles. The Balaban J connectivity index is 1.48. The van der Waals surface area contributed by atoms with Crippen molar-refractivity contribution >= 4 is 34.2 Å². The summed E-state index contributed by atoms with van der Waals surface area (Å²) in [5.74, 6) is 0.207. The Morgan fingerprint density at radius 1 is 1.17 bits per heavy atom. The maximum absolute atomic E-state index is 12.8. The molecule has 1 fully saturated rings.